The summed E-state index contributed by atoms with van der Waals surface area (Å²) >= 11 is 7.02. The number of rotatable bonds is 5. The molecule has 2 aromatic heterocycles. The van der Waals surface area contributed by atoms with E-state index in [1.54, 1.807) is 27.1 Å². The number of halogens is 2. The van der Waals surface area contributed by atoms with Gasteiger partial charge in [-0.3, -0.25) is 4.98 Å². The summed E-state index contributed by atoms with van der Waals surface area (Å²) in [4.78, 5) is 4.82. The lowest BCUT2D eigenvalue weighted by Gasteiger charge is -2.24. The van der Waals surface area contributed by atoms with Gasteiger partial charge in [0.15, 0.2) is 0 Å². The minimum Gasteiger partial charge on any atom is -0.391 e. The minimum absolute atomic E-state index is 0.447. The Hall–Kier alpha value is -1.65. The van der Waals surface area contributed by atoms with E-state index < -0.39 is 5.60 Å². The van der Waals surface area contributed by atoms with Crippen LogP contribution in [0.3, 0.4) is 0 Å². The van der Waals surface area contributed by atoms with E-state index in [4.69, 9.17) is 21.3 Å². The lowest BCUT2D eigenvalue weighted by molar-refractivity contribution is 0.0619. The molecule has 0 radical (unpaired) electrons. The fraction of sp³-hybridized carbons (Fsp3) is 0.435. The maximum Gasteiger partial charge on any atom is 0.101 e. The van der Waals surface area contributed by atoms with E-state index in [0.717, 1.165) is 70.1 Å². The summed E-state index contributed by atoms with van der Waals surface area (Å²) in [6, 6.07) is 6.22. The molecular formula is C23H29Br2N5O2. The van der Waals surface area contributed by atoms with Crippen molar-refractivity contribution in [3.63, 3.8) is 0 Å². The molecule has 0 atom stereocenters. The molecular weight excluding hydrogens is 538 g/mol. The predicted octanol–water partition coefficient (Wildman–Crippen LogP) is 4.39. The fourth-order valence-corrected chi connectivity index (χ4v) is 5.80. The van der Waals surface area contributed by atoms with Crippen molar-refractivity contribution in [1.82, 2.24) is 14.6 Å². The van der Waals surface area contributed by atoms with Gasteiger partial charge in [-0.1, -0.05) is 15.9 Å². The zero-order valence-electron chi connectivity index (χ0n) is 18.5. The first-order valence-corrected chi connectivity index (χ1v) is 12.2. The Balaban J connectivity index is 1.99. The summed E-state index contributed by atoms with van der Waals surface area (Å²) in [6.07, 6.45) is 3.84. The number of pyridine rings is 1. The molecule has 4 rings (SSSR count). The van der Waals surface area contributed by atoms with E-state index in [2.05, 4.69) is 54.6 Å². The van der Waals surface area contributed by atoms with Crippen LogP contribution in [-0.2, 0) is 16.9 Å². The Labute approximate surface area is 204 Å². The molecule has 0 spiro atoms. The molecule has 0 aliphatic carbocycles. The van der Waals surface area contributed by atoms with Crippen LogP contribution in [0.15, 0.2) is 33.5 Å². The average molecular weight is 567 g/mol. The summed E-state index contributed by atoms with van der Waals surface area (Å²) in [7, 11) is 1.75. The number of fused-ring (bicyclic) bond motifs is 3. The van der Waals surface area contributed by atoms with Gasteiger partial charge in [-0.15, -0.1) is 0 Å². The SMILES string of the molecule is CN(N)/C(=C(\N)Br)c1cnc2c3cc(Br)c(C(C)(C)O)cc3n(CC3CCOCC3)c2c1. The van der Waals surface area contributed by atoms with Crippen molar-refractivity contribution in [1.29, 1.82) is 0 Å². The molecule has 0 amide bonds. The molecule has 0 saturated carbocycles. The first kappa shape index (κ1) is 23.5. The summed E-state index contributed by atoms with van der Waals surface area (Å²) in [5, 5.41) is 13.3. The van der Waals surface area contributed by atoms with E-state index in [0.29, 0.717) is 16.2 Å². The molecule has 3 heterocycles. The van der Waals surface area contributed by atoms with Gasteiger partial charge >= 0.3 is 0 Å². The van der Waals surface area contributed by atoms with Crippen molar-refractivity contribution in [2.75, 3.05) is 20.3 Å². The van der Waals surface area contributed by atoms with Gasteiger partial charge in [0, 0.05) is 48.4 Å². The molecule has 1 fully saturated rings. The maximum atomic E-state index is 10.7. The van der Waals surface area contributed by atoms with E-state index in [9.17, 15) is 5.11 Å². The Morgan fingerprint density at radius 2 is 1.97 bits per heavy atom. The summed E-state index contributed by atoms with van der Waals surface area (Å²) in [6.45, 7) is 6.03. The highest BCUT2D eigenvalue weighted by Crippen LogP contribution is 2.38. The number of aromatic nitrogens is 2. The van der Waals surface area contributed by atoms with Crippen LogP contribution >= 0.6 is 31.9 Å². The van der Waals surface area contributed by atoms with Crippen LogP contribution in [0.5, 0.6) is 0 Å². The number of nitrogens with zero attached hydrogens (tertiary/aromatic N) is 3. The van der Waals surface area contributed by atoms with Crippen LogP contribution in [0.25, 0.3) is 27.6 Å². The molecule has 1 saturated heterocycles. The lowest BCUT2D eigenvalue weighted by Crippen LogP contribution is -2.26. The molecule has 7 nitrogen and oxygen atoms in total. The smallest absolute Gasteiger partial charge is 0.101 e. The van der Waals surface area contributed by atoms with Crippen molar-refractivity contribution in [3.05, 3.63) is 44.6 Å². The fourth-order valence-electron chi connectivity index (χ4n) is 4.46. The van der Waals surface area contributed by atoms with Crippen molar-refractivity contribution >= 4 is 59.5 Å². The quantitative estimate of drug-likeness (QED) is 0.240. The second-order valence-corrected chi connectivity index (χ2v) is 10.7. The van der Waals surface area contributed by atoms with Gasteiger partial charge < -0.3 is 25.2 Å². The van der Waals surface area contributed by atoms with Crippen LogP contribution in [0.2, 0.25) is 0 Å². The van der Waals surface area contributed by atoms with Crippen molar-refractivity contribution in [2.45, 2.75) is 38.8 Å². The highest BCUT2D eigenvalue weighted by molar-refractivity contribution is 9.11. The zero-order chi connectivity index (χ0) is 23.2. The number of benzene rings is 1. The van der Waals surface area contributed by atoms with Crippen molar-refractivity contribution < 1.29 is 9.84 Å². The average Bonchev–Trinajstić information content (AvgIpc) is 2.99. The highest BCUT2D eigenvalue weighted by Gasteiger charge is 2.25. The van der Waals surface area contributed by atoms with Gasteiger partial charge in [0.25, 0.3) is 0 Å². The van der Waals surface area contributed by atoms with Gasteiger partial charge in [-0.2, -0.15) is 0 Å². The normalized spacial score (nSPS) is 16.6. The standard InChI is InChI=1S/C23H29Br2N5O2/c1-23(2,31)16-10-18-15(9-17(16)24)20-19(30(18)12-13-4-6-32-7-5-13)8-14(11-28-20)21(22(25)26)29(3)27/h8-11,13,31H,4-7,12,26-27H2,1-3H3/b22-21-. The molecule has 32 heavy (non-hydrogen) atoms. The second-order valence-electron chi connectivity index (χ2n) is 8.97. The molecule has 0 bridgehead atoms. The number of hydrogen-bond donors (Lipinski definition) is 3. The molecule has 1 aliphatic heterocycles. The maximum absolute atomic E-state index is 10.7. The third-order valence-corrected chi connectivity index (χ3v) is 7.11. The van der Waals surface area contributed by atoms with Gasteiger partial charge in [-0.25, -0.2) is 5.84 Å². The Morgan fingerprint density at radius 3 is 2.56 bits per heavy atom. The third kappa shape index (κ3) is 4.41. The van der Waals surface area contributed by atoms with E-state index in [1.807, 2.05) is 0 Å². The Kier molecular flexibility index (Phi) is 6.57. The molecule has 1 aromatic carbocycles. The minimum atomic E-state index is -0.978. The van der Waals surface area contributed by atoms with Crippen LogP contribution in [-0.4, -0.2) is 39.9 Å². The number of aliphatic hydroxyl groups is 1. The Morgan fingerprint density at radius 1 is 1.28 bits per heavy atom. The Bertz CT molecular complexity index is 1190. The summed E-state index contributed by atoms with van der Waals surface area (Å²) < 4.78 is 9.20. The first-order chi connectivity index (χ1) is 15.1. The largest absolute Gasteiger partial charge is 0.391 e. The van der Waals surface area contributed by atoms with Crippen molar-refractivity contribution in [3.8, 4) is 0 Å². The van der Waals surface area contributed by atoms with Crippen LogP contribution in [0.4, 0.5) is 0 Å². The molecule has 1 aliphatic rings. The predicted molar refractivity (Wildman–Crippen MR) is 136 cm³/mol. The summed E-state index contributed by atoms with van der Waals surface area (Å²) in [5.41, 5.74) is 10.4. The molecule has 3 aromatic rings. The monoisotopic (exact) mass is 565 g/mol. The van der Waals surface area contributed by atoms with Gasteiger partial charge in [0.2, 0.25) is 0 Å². The molecule has 0 unspecified atom stereocenters. The molecule has 172 valence electrons. The van der Waals surface area contributed by atoms with Crippen LogP contribution < -0.4 is 11.6 Å². The topological polar surface area (TPSA) is 103 Å². The summed E-state index contributed by atoms with van der Waals surface area (Å²) in [5.74, 6) is 6.56. The van der Waals surface area contributed by atoms with Crippen LogP contribution in [0.1, 0.15) is 37.8 Å². The number of nitrogens with two attached hydrogens (primary N) is 2. The number of ether oxygens (including phenoxy) is 1. The lowest BCUT2D eigenvalue weighted by atomic mass is 9.97. The first-order valence-electron chi connectivity index (χ1n) is 10.6. The molecule has 9 heteroatoms. The zero-order valence-corrected chi connectivity index (χ0v) is 21.7. The number of hydrazine groups is 1. The van der Waals surface area contributed by atoms with Gasteiger partial charge in [0.1, 0.15) is 4.61 Å². The van der Waals surface area contributed by atoms with E-state index >= 15 is 0 Å². The second kappa shape index (κ2) is 8.95. The highest BCUT2D eigenvalue weighted by atomic mass is 79.9. The molecule has 5 N–H and O–H groups in total. The van der Waals surface area contributed by atoms with Crippen LogP contribution in [0, 0.1) is 5.92 Å². The third-order valence-electron chi connectivity index (χ3n) is 6.08. The number of hydrogen-bond acceptors (Lipinski definition) is 6. The van der Waals surface area contributed by atoms with E-state index in [1.165, 1.54) is 5.01 Å². The van der Waals surface area contributed by atoms with Gasteiger partial charge in [-0.05, 0) is 72.3 Å². The van der Waals surface area contributed by atoms with Crippen molar-refractivity contribution in [2.24, 2.45) is 17.5 Å². The van der Waals surface area contributed by atoms with E-state index in [-0.39, 0.29) is 0 Å². The van der Waals surface area contributed by atoms with Gasteiger partial charge in [0.05, 0.1) is 27.8 Å².